The Morgan fingerprint density at radius 3 is 2.35 bits per heavy atom. The summed E-state index contributed by atoms with van der Waals surface area (Å²) >= 11 is 0. The molecule has 1 aliphatic rings. The standard InChI is InChI=1S/C27H25NO3/c29-27(26-11-6-16-30-26)28(19-24-17-23-9-4-5-10-25(23)31-24)18-20-12-14-22(15-13-20)21-7-2-1-3-8-21/h1-5,7-10,12-15,17,26H,6,11,16,18-19H2/t26-/m1/s1. The van der Waals surface area contributed by atoms with E-state index in [0.29, 0.717) is 19.7 Å². The molecule has 1 atom stereocenters. The van der Waals surface area contributed by atoms with Gasteiger partial charge >= 0.3 is 0 Å². The van der Waals surface area contributed by atoms with E-state index in [1.165, 1.54) is 11.1 Å². The monoisotopic (exact) mass is 411 g/mol. The molecule has 0 radical (unpaired) electrons. The first kappa shape index (κ1) is 19.6. The maximum absolute atomic E-state index is 13.2. The molecule has 156 valence electrons. The van der Waals surface area contributed by atoms with Crippen LogP contribution in [-0.2, 0) is 22.6 Å². The highest BCUT2D eigenvalue weighted by Crippen LogP contribution is 2.24. The van der Waals surface area contributed by atoms with Crippen molar-refractivity contribution in [2.24, 2.45) is 0 Å². The second kappa shape index (κ2) is 8.78. The van der Waals surface area contributed by atoms with E-state index in [1.807, 2.05) is 53.4 Å². The number of amides is 1. The molecule has 0 N–H and O–H groups in total. The van der Waals surface area contributed by atoms with Crippen molar-refractivity contribution >= 4 is 16.9 Å². The van der Waals surface area contributed by atoms with Gasteiger partial charge in [-0.3, -0.25) is 4.79 Å². The molecular weight excluding hydrogens is 386 g/mol. The Morgan fingerprint density at radius 2 is 1.61 bits per heavy atom. The Bertz CT molecular complexity index is 1130. The van der Waals surface area contributed by atoms with E-state index in [2.05, 4.69) is 36.4 Å². The molecule has 0 spiro atoms. The molecule has 5 rings (SSSR count). The number of furan rings is 1. The number of fused-ring (bicyclic) bond motifs is 1. The van der Waals surface area contributed by atoms with E-state index < -0.39 is 0 Å². The average molecular weight is 412 g/mol. The Labute approximate surface area is 182 Å². The first-order chi connectivity index (χ1) is 15.3. The smallest absolute Gasteiger partial charge is 0.252 e. The highest BCUT2D eigenvalue weighted by atomic mass is 16.5. The summed E-state index contributed by atoms with van der Waals surface area (Å²) in [5.74, 6) is 0.818. The molecule has 1 aromatic heterocycles. The zero-order chi connectivity index (χ0) is 21.0. The molecule has 1 aliphatic heterocycles. The second-order valence-corrected chi connectivity index (χ2v) is 8.01. The number of para-hydroxylation sites is 1. The predicted molar refractivity (Wildman–Crippen MR) is 121 cm³/mol. The topological polar surface area (TPSA) is 42.7 Å². The highest BCUT2D eigenvalue weighted by Gasteiger charge is 2.29. The molecule has 3 aromatic carbocycles. The third-order valence-electron chi connectivity index (χ3n) is 5.77. The molecule has 1 fully saturated rings. The van der Waals surface area contributed by atoms with Crippen LogP contribution in [0.2, 0.25) is 0 Å². The fourth-order valence-electron chi connectivity index (χ4n) is 4.14. The van der Waals surface area contributed by atoms with Gasteiger partial charge in [0, 0.05) is 18.5 Å². The minimum Gasteiger partial charge on any atom is -0.459 e. The van der Waals surface area contributed by atoms with Crippen LogP contribution in [0.15, 0.2) is 89.3 Å². The van der Waals surface area contributed by atoms with Gasteiger partial charge in [-0.05, 0) is 41.7 Å². The second-order valence-electron chi connectivity index (χ2n) is 8.01. The van der Waals surface area contributed by atoms with Crippen LogP contribution in [-0.4, -0.2) is 23.5 Å². The molecule has 1 amide bonds. The third-order valence-corrected chi connectivity index (χ3v) is 5.77. The van der Waals surface area contributed by atoms with Gasteiger partial charge in [0.2, 0.25) is 0 Å². The van der Waals surface area contributed by atoms with Crippen LogP contribution < -0.4 is 0 Å². The van der Waals surface area contributed by atoms with Crippen molar-refractivity contribution in [3.63, 3.8) is 0 Å². The number of carbonyl (C=O) groups is 1. The molecule has 2 heterocycles. The maximum Gasteiger partial charge on any atom is 0.252 e. The molecule has 0 bridgehead atoms. The third kappa shape index (κ3) is 4.39. The van der Waals surface area contributed by atoms with Gasteiger partial charge in [0.25, 0.3) is 5.91 Å². The van der Waals surface area contributed by atoms with E-state index in [4.69, 9.17) is 9.15 Å². The van der Waals surface area contributed by atoms with Crippen LogP contribution in [0, 0.1) is 0 Å². The van der Waals surface area contributed by atoms with E-state index >= 15 is 0 Å². The Morgan fingerprint density at radius 1 is 0.871 bits per heavy atom. The van der Waals surface area contributed by atoms with Gasteiger partial charge in [0.05, 0.1) is 6.54 Å². The fourth-order valence-corrected chi connectivity index (χ4v) is 4.14. The molecule has 1 saturated heterocycles. The number of hydrogen-bond donors (Lipinski definition) is 0. The highest BCUT2D eigenvalue weighted by molar-refractivity contribution is 5.82. The van der Waals surface area contributed by atoms with E-state index in [1.54, 1.807) is 0 Å². The molecular formula is C27H25NO3. The van der Waals surface area contributed by atoms with Gasteiger partial charge in [-0.25, -0.2) is 0 Å². The van der Waals surface area contributed by atoms with E-state index in [9.17, 15) is 4.79 Å². The lowest BCUT2D eigenvalue weighted by Crippen LogP contribution is -2.38. The van der Waals surface area contributed by atoms with Crippen LogP contribution in [0.25, 0.3) is 22.1 Å². The molecule has 4 nitrogen and oxygen atoms in total. The van der Waals surface area contributed by atoms with Gasteiger partial charge in [0.15, 0.2) is 0 Å². The van der Waals surface area contributed by atoms with Crippen molar-refractivity contribution in [2.75, 3.05) is 6.61 Å². The summed E-state index contributed by atoms with van der Waals surface area (Å²) < 4.78 is 11.7. The van der Waals surface area contributed by atoms with Crippen LogP contribution in [0.5, 0.6) is 0 Å². The normalized spacial score (nSPS) is 15.9. The number of nitrogens with zero attached hydrogens (tertiary/aromatic N) is 1. The predicted octanol–water partition coefficient (Wildman–Crippen LogP) is 5.81. The lowest BCUT2D eigenvalue weighted by atomic mass is 10.0. The molecule has 0 saturated carbocycles. The van der Waals surface area contributed by atoms with Crippen molar-refractivity contribution in [1.82, 2.24) is 4.90 Å². The number of hydrogen-bond acceptors (Lipinski definition) is 3. The zero-order valence-corrected chi connectivity index (χ0v) is 17.4. The molecule has 0 aliphatic carbocycles. The Kier molecular flexibility index (Phi) is 5.55. The summed E-state index contributed by atoms with van der Waals surface area (Å²) in [5, 5.41) is 1.05. The zero-order valence-electron chi connectivity index (χ0n) is 17.4. The summed E-state index contributed by atoms with van der Waals surface area (Å²) in [6.07, 6.45) is 1.36. The largest absolute Gasteiger partial charge is 0.459 e. The first-order valence-corrected chi connectivity index (χ1v) is 10.8. The summed E-state index contributed by atoms with van der Waals surface area (Å²) in [5.41, 5.74) is 4.28. The Balaban J connectivity index is 1.38. The lowest BCUT2D eigenvalue weighted by Gasteiger charge is -2.24. The number of rotatable bonds is 6. The average Bonchev–Trinajstić information content (AvgIpc) is 3.49. The van der Waals surface area contributed by atoms with Gasteiger partial charge in [-0.1, -0.05) is 72.8 Å². The minimum atomic E-state index is -0.354. The quantitative estimate of drug-likeness (QED) is 0.402. The van der Waals surface area contributed by atoms with Gasteiger partial charge in [-0.2, -0.15) is 0 Å². The van der Waals surface area contributed by atoms with E-state index in [-0.39, 0.29) is 12.0 Å². The molecule has 4 aromatic rings. The van der Waals surface area contributed by atoms with Crippen molar-refractivity contribution < 1.29 is 13.9 Å². The first-order valence-electron chi connectivity index (χ1n) is 10.8. The van der Waals surface area contributed by atoms with Crippen LogP contribution in [0.4, 0.5) is 0 Å². The summed E-state index contributed by atoms with van der Waals surface area (Å²) in [6.45, 7) is 1.60. The van der Waals surface area contributed by atoms with E-state index in [0.717, 1.165) is 35.1 Å². The van der Waals surface area contributed by atoms with Crippen LogP contribution in [0.1, 0.15) is 24.2 Å². The number of benzene rings is 3. The van der Waals surface area contributed by atoms with Crippen LogP contribution in [0.3, 0.4) is 0 Å². The SMILES string of the molecule is O=C([C@H]1CCCO1)N(Cc1ccc(-c2ccccc2)cc1)Cc1cc2ccccc2o1. The maximum atomic E-state index is 13.2. The van der Waals surface area contributed by atoms with Crippen molar-refractivity contribution in [3.8, 4) is 11.1 Å². The Hall–Kier alpha value is -3.37. The van der Waals surface area contributed by atoms with Crippen molar-refractivity contribution in [2.45, 2.75) is 32.0 Å². The van der Waals surface area contributed by atoms with Gasteiger partial charge in [-0.15, -0.1) is 0 Å². The van der Waals surface area contributed by atoms with Gasteiger partial charge in [0.1, 0.15) is 17.4 Å². The lowest BCUT2D eigenvalue weighted by molar-refractivity contribution is -0.142. The number of carbonyl (C=O) groups excluding carboxylic acids is 1. The van der Waals surface area contributed by atoms with Crippen molar-refractivity contribution in [3.05, 3.63) is 96.3 Å². The molecule has 0 unspecified atom stereocenters. The summed E-state index contributed by atoms with van der Waals surface area (Å²) in [4.78, 5) is 15.1. The van der Waals surface area contributed by atoms with Crippen LogP contribution >= 0.6 is 0 Å². The number of ether oxygens (including phenoxy) is 1. The molecule has 4 heteroatoms. The van der Waals surface area contributed by atoms with Crippen molar-refractivity contribution in [1.29, 1.82) is 0 Å². The summed E-state index contributed by atoms with van der Waals surface area (Å²) in [6, 6.07) is 28.7. The molecule has 31 heavy (non-hydrogen) atoms. The fraction of sp³-hybridized carbons (Fsp3) is 0.222. The van der Waals surface area contributed by atoms with Gasteiger partial charge < -0.3 is 14.1 Å². The summed E-state index contributed by atoms with van der Waals surface area (Å²) in [7, 11) is 0. The minimum absolute atomic E-state index is 0.0325.